The van der Waals surface area contributed by atoms with Crippen molar-refractivity contribution in [2.75, 3.05) is 0 Å². The Bertz CT molecular complexity index is 1120. The molecule has 1 saturated heterocycles. The largest absolute Gasteiger partial charge is 0.423 e. The quantitative estimate of drug-likeness (QED) is 0.410. The summed E-state index contributed by atoms with van der Waals surface area (Å²) in [5, 5.41) is 9.30. The molecule has 2 aromatic carbocycles. The van der Waals surface area contributed by atoms with Gasteiger partial charge in [-0.1, -0.05) is 53.5 Å². The fourth-order valence-corrected chi connectivity index (χ4v) is 4.36. The SMILES string of the molecule is C=CC[C@H]1O[C@H](c2cccc(Cl)c2)[C@H](c2ccc(Cl)cc2)N([C@H](C)c2nnc(C)o2)C1=O. The highest BCUT2D eigenvalue weighted by molar-refractivity contribution is 6.30. The van der Waals surface area contributed by atoms with Crippen molar-refractivity contribution in [3.8, 4) is 0 Å². The van der Waals surface area contributed by atoms with Crippen LogP contribution in [0, 0.1) is 6.92 Å². The maximum Gasteiger partial charge on any atom is 0.253 e. The average Bonchev–Trinajstić information content (AvgIpc) is 3.21. The molecule has 6 nitrogen and oxygen atoms in total. The van der Waals surface area contributed by atoms with E-state index in [0.717, 1.165) is 11.1 Å². The van der Waals surface area contributed by atoms with Crippen molar-refractivity contribution in [3.05, 3.63) is 94.1 Å². The number of hydrogen-bond acceptors (Lipinski definition) is 5. The van der Waals surface area contributed by atoms with E-state index in [1.165, 1.54) is 0 Å². The van der Waals surface area contributed by atoms with Crippen LogP contribution in [0.25, 0.3) is 0 Å². The number of rotatable bonds is 6. The Morgan fingerprint density at radius 1 is 1.12 bits per heavy atom. The number of aryl methyl sites for hydroxylation is 1. The van der Waals surface area contributed by atoms with Gasteiger partial charge in [0.25, 0.3) is 5.91 Å². The molecule has 0 N–H and O–H groups in total. The topological polar surface area (TPSA) is 68.5 Å². The number of carbonyl (C=O) groups is 1. The summed E-state index contributed by atoms with van der Waals surface area (Å²) in [6.45, 7) is 7.38. The minimum atomic E-state index is -0.702. The van der Waals surface area contributed by atoms with E-state index in [0.29, 0.717) is 28.2 Å². The lowest BCUT2D eigenvalue weighted by Gasteiger charge is -2.46. The van der Waals surface area contributed by atoms with Crippen molar-refractivity contribution in [2.24, 2.45) is 0 Å². The molecule has 1 aliphatic heterocycles. The third kappa shape index (κ3) is 4.44. The maximum absolute atomic E-state index is 13.6. The summed E-state index contributed by atoms with van der Waals surface area (Å²) in [6.07, 6.45) is 0.866. The summed E-state index contributed by atoms with van der Waals surface area (Å²) in [5.41, 5.74) is 1.73. The number of nitrogens with zero attached hydrogens (tertiary/aromatic N) is 3. The molecule has 8 heteroatoms. The van der Waals surface area contributed by atoms with Crippen LogP contribution < -0.4 is 0 Å². The normalized spacial score (nSPS) is 22.1. The molecule has 1 fully saturated rings. The molecule has 0 spiro atoms. The monoisotopic (exact) mass is 471 g/mol. The van der Waals surface area contributed by atoms with Crippen LogP contribution in [0.5, 0.6) is 0 Å². The predicted octanol–water partition coefficient (Wildman–Crippen LogP) is 6.03. The van der Waals surface area contributed by atoms with Gasteiger partial charge in [0.15, 0.2) is 0 Å². The lowest BCUT2D eigenvalue weighted by molar-refractivity contribution is -0.179. The molecule has 4 rings (SSSR count). The Labute approximate surface area is 196 Å². The van der Waals surface area contributed by atoms with Crippen LogP contribution in [0.15, 0.2) is 65.6 Å². The number of amides is 1. The van der Waals surface area contributed by atoms with Crippen molar-refractivity contribution in [1.29, 1.82) is 0 Å². The second-order valence-electron chi connectivity index (χ2n) is 7.70. The molecule has 32 heavy (non-hydrogen) atoms. The van der Waals surface area contributed by atoms with Crippen LogP contribution in [0.1, 0.15) is 54.4 Å². The van der Waals surface area contributed by atoms with Crippen LogP contribution in [0.4, 0.5) is 0 Å². The van der Waals surface area contributed by atoms with E-state index in [4.69, 9.17) is 32.4 Å². The van der Waals surface area contributed by atoms with Crippen molar-refractivity contribution in [1.82, 2.24) is 15.1 Å². The number of ether oxygens (including phenoxy) is 1. The van der Waals surface area contributed by atoms with E-state index in [-0.39, 0.29) is 5.91 Å². The third-order valence-electron chi connectivity index (χ3n) is 5.51. The fourth-order valence-electron chi connectivity index (χ4n) is 4.04. The third-order valence-corrected chi connectivity index (χ3v) is 6.00. The molecular weight excluding hydrogens is 449 g/mol. The van der Waals surface area contributed by atoms with Gasteiger partial charge in [0, 0.05) is 23.4 Å². The highest BCUT2D eigenvalue weighted by atomic mass is 35.5. The molecule has 0 bridgehead atoms. The number of aromatic nitrogens is 2. The molecule has 0 radical (unpaired) electrons. The van der Waals surface area contributed by atoms with Gasteiger partial charge >= 0.3 is 0 Å². The minimum Gasteiger partial charge on any atom is -0.423 e. The van der Waals surface area contributed by atoms with Gasteiger partial charge in [0.2, 0.25) is 11.8 Å². The Kier molecular flexibility index (Phi) is 6.65. The molecule has 0 saturated carbocycles. The second kappa shape index (κ2) is 9.45. The highest BCUT2D eigenvalue weighted by Gasteiger charge is 2.46. The van der Waals surface area contributed by atoms with Crippen LogP contribution in [0.3, 0.4) is 0 Å². The van der Waals surface area contributed by atoms with Crippen molar-refractivity contribution in [2.45, 2.75) is 44.6 Å². The van der Waals surface area contributed by atoms with Gasteiger partial charge in [0.1, 0.15) is 18.2 Å². The van der Waals surface area contributed by atoms with E-state index in [1.807, 2.05) is 37.3 Å². The number of morpholine rings is 1. The zero-order valence-corrected chi connectivity index (χ0v) is 19.3. The maximum atomic E-state index is 13.6. The summed E-state index contributed by atoms with van der Waals surface area (Å²) in [6, 6.07) is 13.9. The van der Waals surface area contributed by atoms with E-state index >= 15 is 0 Å². The zero-order valence-electron chi connectivity index (χ0n) is 17.7. The smallest absolute Gasteiger partial charge is 0.253 e. The molecule has 166 valence electrons. The van der Waals surface area contributed by atoms with Crippen molar-refractivity contribution >= 4 is 29.1 Å². The van der Waals surface area contributed by atoms with E-state index in [9.17, 15) is 4.79 Å². The number of carbonyl (C=O) groups excluding carboxylic acids is 1. The zero-order chi connectivity index (χ0) is 22.8. The van der Waals surface area contributed by atoms with Gasteiger partial charge < -0.3 is 14.1 Å². The lowest BCUT2D eigenvalue weighted by atomic mass is 9.90. The summed E-state index contributed by atoms with van der Waals surface area (Å²) in [7, 11) is 0. The summed E-state index contributed by atoms with van der Waals surface area (Å²) < 4.78 is 12.1. The highest BCUT2D eigenvalue weighted by Crippen LogP contribution is 2.46. The first-order valence-corrected chi connectivity index (χ1v) is 11.0. The van der Waals surface area contributed by atoms with Crippen LogP contribution in [0.2, 0.25) is 10.0 Å². The molecule has 1 amide bonds. The van der Waals surface area contributed by atoms with E-state index in [2.05, 4.69) is 16.8 Å². The van der Waals surface area contributed by atoms with Crippen molar-refractivity contribution in [3.63, 3.8) is 0 Å². The standard InChI is InChI=1S/C24H23Cl2N3O3/c1-4-6-20-24(30)29(14(2)23-28-27-15(3)31-23)21(16-9-11-18(25)12-10-16)22(32-20)17-7-5-8-19(26)13-17/h4-5,7-14,20-22H,1,6H2,2-3H3/t14-,20-,21+,22-/m1/s1. The van der Waals surface area contributed by atoms with Gasteiger partial charge in [-0.15, -0.1) is 16.8 Å². The lowest BCUT2D eigenvalue weighted by Crippen LogP contribution is -2.51. The molecule has 4 atom stereocenters. The first-order valence-electron chi connectivity index (χ1n) is 10.3. The van der Waals surface area contributed by atoms with E-state index in [1.54, 1.807) is 36.1 Å². The Hall–Kier alpha value is -2.67. The first kappa shape index (κ1) is 22.5. The van der Waals surface area contributed by atoms with Crippen LogP contribution in [-0.4, -0.2) is 27.1 Å². The molecule has 1 aliphatic rings. The summed E-state index contributed by atoms with van der Waals surface area (Å²) in [5.74, 6) is 0.620. The minimum absolute atomic E-state index is 0.175. The molecular formula is C24H23Cl2N3O3. The number of hydrogen-bond donors (Lipinski definition) is 0. The van der Waals surface area contributed by atoms with Gasteiger partial charge in [-0.3, -0.25) is 4.79 Å². The van der Waals surface area contributed by atoms with Gasteiger partial charge in [-0.05, 0) is 42.3 Å². The van der Waals surface area contributed by atoms with Crippen LogP contribution in [-0.2, 0) is 9.53 Å². The second-order valence-corrected chi connectivity index (χ2v) is 8.57. The summed E-state index contributed by atoms with van der Waals surface area (Å²) >= 11 is 12.4. The van der Waals surface area contributed by atoms with Gasteiger partial charge in [-0.2, -0.15) is 0 Å². The molecule has 0 unspecified atom stereocenters. The molecule has 3 aromatic rings. The molecule has 1 aromatic heterocycles. The number of benzene rings is 2. The summed E-state index contributed by atoms with van der Waals surface area (Å²) in [4.78, 5) is 15.4. The fraction of sp³-hybridized carbons (Fsp3) is 0.292. The van der Waals surface area contributed by atoms with Crippen molar-refractivity contribution < 1.29 is 13.9 Å². The first-order chi connectivity index (χ1) is 15.4. The van der Waals surface area contributed by atoms with E-state index < -0.39 is 24.3 Å². The average molecular weight is 472 g/mol. The van der Waals surface area contributed by atoms with Gasteiger partial charge in [-0.25, -0.2) is 0 Å². The Morgan fingerprint density at radius 3 is 2.50 bits per heavy atom. The predicted molar refractivity (Wildman–Crippen MR) is 122 cm³/mol. The Balaban J connectivity index is 1.87. The molecule has 0 aliphatic carbocycles. The number of halogens is 2. The van der Waals surface area contributed by atoms with Gasteiger partial charge in [0.05, 0.1) is 6.04 Å². The van der Waals surface area contributed by atoms with Crippen LogP contribution >= 0.6 is 23.2 Å². The molecule has 2 heterocycles. The Morgan fingerprint density at radius 2 is 1.88 bits per heavy atom.